The van der Waals surface area contributed by atoms with Crippen LogP contribution in [-0.2, 0) is 11.3 Å². The van der Waals surface area contributed by atoms with Crippen LogP contribution in [0.1, 0.15) is 32.5 Å². The number of carbonyl (C=O) groups excluding carboxylic acids is 1. The minimum atomic E-state index is 0.0554. The number of H-pyrrole nitrogens is 1. The maximum Gasteiger partial charge on any atom is 0.223 e. The largest absolute Gasteiger partial charge is 0.348 e. The molecule has 0 atom stereocenters. The number of aromatic nitrogens is 4. The Labute approximate surface area is 82.5 Å². The molecule has 2 N–H and O–H groups in total. The highest BCUT2D eigenvalue weighted by Crippen LogP contribution is 2.06. The molecule has 6 nitrogen and oxygen atoms in total. The second-order valence-electron chi connectivity index (χ2n) is 3.06. The highest BCUT2D eigenvalue weighted by molar-refractivity contribution is 5.78. The molecular weight excluding hydrogens is 182 g/mol. The van der Waals surface area contributed by atoms with Crippen LogP contribution in [0.3, 0.4) is 0 Å². The summed E-state index contributed by atoms with van der Waals surface area (Å²) in [6.45, 7) is 4.34. The standard InChI is InChI=1S/C8H15N5O/c1-3-6(4-2)8(14)9-5-7-10-12-13-11-7/h6H,3-5H2,1-2H3,(H,9,14)(H,10,11,12,13). The van der Waals surface area contributed by atoms with E-state index >= 15 is 0 Å². The van der Waals surface area contributed by atoms with Gasteiger partial charge in [-0.05, 0) is 12.8 Å². The number of carbonyl (C=O) groups is 1. The molecule has 0 saturated carbocycles. The summed E-state index contributed by atoms with van der Waals surface area (Å²) in [6.07, 6.45) is 1.71. The Hall–Kier alpha value is -1.46. The van der Waals surface area contributed by atoms with Gasteiger partial charge >= 0.3 is 0 Å². The fourth-order valence-corrected chi connectivity index (χ4v) is 1.23. The molecule has 14 heavy (non-hydrogen) atoms. The molecular formula is C8H15N5O. The van der Waals surface area contributed by atoms with E-state index < -0.39 is 0 Å². The first-order valence-corrected chi connectivity index (χ1v) is 4.78. The van der Waals surface area contributed by atoms with Crippen molar-refractivity contribution in [3.8, 4) is 0 Å². The van der Waals surface area contributed by atoms with Crippen molar-refractivity contribution < 1.29 is 4.79 Å². The molecule has 0 aliphatic carbocycles. The summed E-state index contributed by atoms with van der Waals surface area (Å²) in [4.78, 5) is 11.5. The summed E-state index contributed by atoms with van der Waals surface area (Å²) >= 11 is 0. The van der Waals surface area contributed by atoms with Gasteiger partial charge in [-0.1, -0.05) is 19.1 Å². The molecule has 0 saturated heterocycles. The molecule has 1 rings (SSSR count). The van der Waals surface area contributed by atoms with Crippen LogP contribution < -0.4 is 5.32 Å². The average Bonchev–Trinajstić information content (AvgIpc) is 2.69. The van der Waals surface area contributed by atoms with Gasteiger partial charge in [0.1, 0.15) is 0 Å². The van der Waals surface area contributed by atoms with Gasteiger partial charge in [-0.3, -0.25) is 4.79 Å². The number of nitrogens with one attached hydrogen (secondary N) is 2. The minimum Gasteiger partial charge on any atom is -0.348 e. The Morgan fingerprint density at radius 2 is 2.21 bits per heavy atom. The number of aromatic amines is 1. The normalized spacial score (nSPS) is 10.5. The van der Waals surface area contributed by atoms with E-state index in [9.17, 15) is 4.79 Å². The van der Waals surface area contributed by atoms with E-state index in [4.69, 9.17) is 0 Å². The number of amides is 1. The van der Waals surface area contributed by atoms with Crippen molar-refractivity contribution in [2.75, 3.05) is 0 Å². The van der Waals surface area contributed by atoms with Crippen LogP contribution in [0.25, 0.3) is 0 Å². The van der Waals surface area contributed by atoms with Crippen molar-refractivity contribution in [3.05, 3.63) is 5.82 Å². The van der Waals surface area contributed by atoms with Crippen LogP contribution in [0.4, 0.5) is 0 Å². The predicted molar refractivity (Wildman–Crippen MR) is 50.1 cm³/mol. The zero-order valence-electron chi connectivity index (χ0n) is 8.45. The molecule has 0 radical (unpaired) electrons. The second kappa shape index (κ2) is 5.31. The topological polar surface area (TPSA) is 83.6 Å². The lowest BCUT2D eigenvalue weighted by atomic mass is 10.0. The lowest BCUT2D eigenvalue weighted by molar-refractivity contribution is -0.125. The minimum absolute atomic E-state index is 0.0554. The van der Waals surface area contributed by atoms with Gasteiger partial charge in [0.15, 0.2) is 5.82 Å². The number of nitrogens with zero attached hydrogens (tertiary/aromatic N) is 3. The Kier molecular flexibility index (Phi) is 4.03. The monoisotopic (exact) mass is 197 g/mol. The summed E-state index contributed by atoms with van der Waals surface area (Å²) < 4.78 is 0. The van der Waals surface area contributed by atoms with E-state index in [1.54, 1.807) is 0 Å². The number of hydrogen-bond donors (Lipinski definition) is 2. The van der Waals surface area contributed by atoms with E-state index in [2.05, 4.69) is 25.9 Å². The van der Waals surface area contributed by atoms with Gasteiger partial charge in [0.2, 0.25) is 5.91 Å². The molecule has 0 bridgehead atoms. The Bertz CT molecular complexity index is 267. The Morgan fingerprint density at radius 1 is 1.50 bits per heavy atom. The van der Waals surface area contributed by atoms with Crippen molar-refractivity contribution in [1.82, 2.24) is 25.9 Å². The molecule has 6 heteroatoms. The SMILES string of the molecule is CCC(CC)C(=O)NCc1nn[nH]n1. The first kappa shape index (κ1) is 10.6. The van der Waals surface area contributed by atoms with Crippen LogP contribution >= 0.6 is 0 Å². The summed E-state index contributed by atoms with van der Waals surface area (Å²) in [5.74, 6) is 0.644. The smallest absolute Gasteiger partial charge is 0.223 e. The van der Waals surface area contributed by atoms with E-state index in [1.807, 2.05) is 13.8 Å². The van der Waals surface area contributed by atoms with E-state index in [0.717, 1.165) is 12.8 Å². The quantitative estimate of drug-likeness (QED) is 0.708. The fourth-order valence-electron chi connectivity index (χ4n) is 1.23. The van der Waals surface area contributed by atoms with Crippen LogP contribution in [-0.4, -0.2) is 26.5 Å². The maximum atomic E-state index is 11.5. The number of hydrogen-bond acceptors (Lipinski definition) is 4. The summed E-state index contributed by atoms with van der Waals surface area (Å²) in [6, 6.07) is 0. The molecule has 0 unspecified atom stereocenters. The predicted octanol–water partition coefficient (Wildman–Crippen LogP) is 0.252. The van der Waals surface area contributed by atoms with Gasteiger partial charge in [-0.25, -0.2) is 0 Å². The van der Waals surface area contributed by atoms with Crippen LogP contribution in [0, 0.1) is 5.92 Å². The van der Waals surface area contributed by atoms with Crippen LogP contribution in [0.5, 0.6) is 0 Å². The molecule has 0 aliphatic rings. The van der Waals surface area contributed by atoms with Crippen LogP contribution in [0.2, 0.25) is 0 Å². The number of rotatable bonds is 5. The van der Waals surface area contributed by atoms with Gasteiger partial charge < -0.3 is 5.32 Å². The summed E-state index contributed by atoms with van der Waals surface area (Å²) in [5.41, 5.74) is 0. The van der Waals surface area contributed by atoms with Gasteiger partial charge in [0.05, 0.1) is 6.54 Å². The molecule has 0 aromatic carbocycles. The zero-order chi connectivity index (χ0) is 10.4. The van der Waals surface area contributed by atoms with Crippen molar-refractivity contribution in [1.29, 1.82) is 0 Å². The van der Waals surface area contributed by atoms with Crippen molar-refractivity contribution in [2.45, 2.75) is 33.2 Å². The van der Waals surface area contributed by atoms with Crippen molar-refractivity contribution in [2.24, 2.45) is 5.92 Å². The first-order chi connectivity index (χ1) is 6.77. The molecule has 1 amide bonds. The second-order valence-corrected chi connectivity index (χ2v) is 3.06. The van der Waals surface area contributed by atoms with E-state index in [-0.39, 0.29) is 11.8 Å². The lowest BCUT2D eigenvalue weighted by Gasteiger charge is -2.10. The average molecular weight is 197 g/mol. The zero-order valence-corrected chi connectivity index (χ0v) is 8.45. The molecule has 0 fully saturated rings. The van der Waals surface area contributed by atoms with Gasteiger partial charge in [0, 0.05) is 5.92 Å². The van der Waals surface area contributed by atoms with Crippen molar-refractivity contribution >= 4 is 5.91 Å². The third-order valence-electron chi connectivity index (χ3n) is 2.17. The van der Waals surface area contributed by atoms with E-state index in [0.29, 0.717) is 12.4 Å². The maximum absolute atomic E-state index is 11.5. The molecule has 0 spiro atoms. The number of tetrazole rings is 1. The first-order valence-electron chi connectivity index (χ1n) is 4.78. The molecule has 78 valence electrons. The molecule has 0 aliphatic heterocycles. The summed E-state index contributed by atoms with van der Waals surface area (Å²) in [7, 11) is 0. The van der Waals surface area contributed by atoms with Gasteiger partial charge in [0.25, 0.3) is 0 Å². The van der Waals surface area contributed by atoms with E-state index in [1.165, 1.54) is 0 Å². The molecule has 1 aromatic heterocycles. The van der Waals surface area contributed by atoms with Gasteiger partial charge in [-0.2, -0.15) is 5.21 Å². The third-order valence-corrected chi connectivity index (χ3v) is 2.17. The molecule has 1 heterocycles. The Morgan fingerprint density at radius 3 is 2.71 bits per heavy atom. The lowest BCUT2D eigenvalue weighted by Crippen LogP contribution is -2.30. The van der Waals surface area contributed by atoms with Gasteiger partial charge in [-0.15, -0.1) is 10.2 Å². The van der Waals surface area contributed by atoms with Crippen molar-refractivity contribution in [3.63, 3.8) is 0 Å². The highest BCUT2D eigenvalue weighted by Gasteiger charge is 2.13. The summed E-state index contributed by atoms with van der Waals surface area (Å²) in [5, 5.41) is 16.0. The Balaban J connectivity index is 2.34. The third kappa shape index (κ3) is 2.79. The fraction of sp³-hybridized carbons (Fsp3) is 0.750. The van der Waals surface area contributed by atoms with Crippen LogP contribution in [0.15, 0.2) is 0 Å². The highest BCUT2D eigenvalue weighted by atomic mass is 16.1. The molecule has 1 aromatic rings.